The molecule has 0 atom stereocenters. The standard InChI is InChI=1S/C10H11FN4/c1-15-7-8(13-14-15)6-12-10-5-3-2-4-9(10)11/h2-5,7,12H,6H2,1H3. The highest BCUT2D eigenvalue weighted by atomic mass is 19.1. The molecule has 0 unspecified atom stereocenters. The molecule has 2 rings (SSSR count). The number of hydrogen-bond acceptors (Lipinski definition) is 3. The molecular formula is C10H11FN4. The van der Waals surface area contributed by atoms with Gasteiger partial charge in [0.25, 0.3) is 0 Å². The van der Waals surface area contributed by atoms with Gasteiger partial charge < -0.3 is 5.32 Å². The lowest BCUT2D eigenvalue weighted by atomic mass is 10.3. The second-order valence-electron chi connectivity index (χ2n) is 3.22. The van der Waals surface area contributed by atoms with Gasteiger partial charge in [-0.2, -0.15) is 0 Å². The first-order valence-electron chi connectivity index (χ1n) is 4.59. The van der Waals surface area contributed by atoms with Crippen LogP contribution in [-0.4, -0.2) is 15.0 Å². The predicted octanol–water partition coefficient (Wildman–Crippen LogP) is 1.57. The highest BCUT2D eigenvalue weighted by Crippen LogP contribution is 2.12. The molecule has 1 N–H and O–H groups in total. The van der Waals surface area contributed by atoms with Gasteiger partial charge in [0, 0.05) is 13.2 Å². The molecule has 1 aromatic carbocycles. The Balaban J connectivity index is 2.02. The van der Waals surface area contributed by atoms with Crippen LogP contribution < -0.4 is 5.32 Å². The fraction of sp³-hybridized carbons (Fsp3) is 0.200. The topological polar surface area (TPSA) is 42.7 Å². The van der Waals surface area contributed by atoms with Crippen molar-refractivity contribution >= 4 is 5.69 Å². The van der Waals surface area contributed by atoms with Gasteiger partial charge in [-0.05, 0) is 12.1 Å². The Morgan fingerprint density at radius 3 is 2.87 bits per heavy atom. The minimum Gasteiger partial charge on any atom is -0.377 e. The van der Waals surface area contributed by atoms with Crippen molar-refractivity contribution < 1.29 is 4.39 Å². The van der Waals surface area contributed by atoms with Crippen molar-refractivity contribution in [1.82, 2.24) is 15.0 Å². The number of nitrogens with one attached hydrogen (secondary N) is 1. The number of halogens is 1. The van der Waals surface area contributed by atoms with Crippen LogP contribution in [0.1, 0.15) is 5.69 Å². The summed E-state index contributed by atoms with van der Waals surface area (Å²) < 4.78 is 14.8. The minimum atomic E-state index is -0.263. The highest BCUT2D eigenvalue weighted by Gasteiger charge is 2.01. The summed E-state index contributed by atoms with van der Waals surface area (Å²) in [5.41, 5.74) is 1.25. The van der Waals surface area contributed by atoms with Crippen LogP contribution in [0.5, 0.6) is 0 Å². The van der Waals surface area contributed by atoms with Gasteiger partial charge in [0.1, 0.15) is 11.5 Å². The quantitative estimate of drug-likeness (QED) is 0.828. The molecule has 2 aromatic rings. The third-order valence-corrected chi connectivity index (χ3v) is 1.98. The van der Waals surface area contributed by atoms with E-state index in [1.165, 1.54) is 6.07 Å². The Hall–Kier alpha value is -1.91. The van der Waals surface area contributed by atoms with Crippen LogP contribution in [-0.2, 0) is 13.6 Å². The van der Waals surface area contributed by atoms with E-state index in [0.717, 1.165) is 5.69 Å². The lowest BCUT2D eigenvalue weighted by molar-refractivity contribution is 0.630. The highest BCUT2D eigenvalue weighted by molar-refractivity contribution is 5.44. The zero-order valence-corrected chi connectivity index (χ0v) is 8.31. The van der Waals surface area contributed by atoms with E-state index < -0.39 is 0 Å². The fourth-order valence-electron chi connectivity index (χ4n) is 1.27. The first-order valence-corrected chi connectivity index (χ1v) is 4.59. The molecule has 5 heteroatoms. The first kappa shape index (κ1) is 9.64. The predicted molar refractivity (Wildman–Crippen MR) is 54.7 cm³/mol. The van der Waals surface area contributed by atoms with Gasteiger partial charge in [-0.1, -0.05) is 17.3 Å². The summed E-state index contributed by atoms with van der Waals surface area (Å²) in [7, 11) is 1.79. The molecule has 15 heavy (non-hydrogen) atoms. The third kappa shape index (κ3) is 2.31. The molecule has 4 nitrogen and oxygen atoms in total. The zero-order chi connectivity index (χ0) is 10.7. The maximum atomic E-state index is 13.2. The van der Waals surface area contributed by atoms with Crippen molar-refractivity contribution in [1.29, 1.82) is 0 Å². The molecule has 0 saturated heterocycles. The largest absolute Gasteiger partial charge is 0.377 e. The lowest BCUT2D eigenvalue weighted by Crippen LogP contribution is -2.01. The van der Waals surface area contributed by atoms with Crippen molar-refractivity contribution in [2.75, 3.05) is 5.32 Å². The molecular weight excluding hydrogens is 195 g/mol. The Morgan fingerprint density at radius 2 is 2.20 bits per heavy atom. The number of benzene rings is 1. The second-order valence-corrected chi connectivity index (χ2v) is 3.22. The van der Waals surface area contributed by atoms with Crippen molar-refractivity contribution in [2.45, 2.75) is 6.54 Å². The molecule has 0 fully saturated rings. The van der Waals surface area contributed by atoms with Crippen LogP contribution in [0.15, 0.2) is 30.5 Å². The van der Waals surface area contributed by atoms with E-state index in [4.69, 9.17) is 0 Å². The zero-order valence-electron chi connectivity index (χ0n) is 8.31. The van der Waals surface area contributed by atoms with Crippen LogP contribution in [0.4, 0.5) is 10.1 Å². The SMILES string of the molecule is Cn1cc(CNc2ccccc2F)nn1. The van der Waals surface area contributed by atoms with Gasteiger partial charge >= 0.3 is 0 Å². The van der Waals surface area contributed by atoms with Gasteiger partial charge in [0.05, 0.1) is 12.2 Å². The number of anilines is 1. The smallest absolute Gasteiger partial charge is 0.146 e. The summed E-state index contributed by atoms with van der Waals surface area (Å²) >= 11 is 0. The summed E-state index contributed by atoms with van der Waals surface area (Å²) in [6, 6.07) is 6.54. The van der Waals surface area contributed by atoms with E-state index in [9.17, 15) is 4.39 Å². The average molecular weight is 206 g/mol. The van der Waals surface area contributed by atoms with Gasteiger partial charge in [-0.15, -0.1) is 5.10 Å². The van der Waals surface area contributed by atoms with E-state index in [1.807, 2.05) is 0 Å². The minimum absolute atomic E-state index is 0.263. The normalized spacial score (nSPS) is 10.3. The Labute approximate surface area is 86.7 Å². The van der Waals surface area contributed by atoms with Crippen LogP contribution in [0, 0.1) is 5.82 Å². The molecule has 1 aromatic heterocycles. The maximum absolute atomic E-state index is 13.2. The van der Waals surface area contributed by atoms with Crippen LogP contribution in [0.3, 0.4) is 0 Å². The average Bonchev–Trinajstić information content (AvgIpc) is 2.63. The molecule has 0 radical (unpaired) electrons. The number of aromatic nitrogens is 3. The molecule has 1 heterocycles. The third-order valence-electron chi connectivity index (χ3n) is 1.98. The van der Waals surface area contributed by atoms with E-state index in [2.05, 4.69) is 15.6 Å². The summed E-state index contributed by atoms with van der Waals surface area (Å²) in [5.74, 6) is -0.263. The summed E-state index contributed by atoms with van der Waals surface area (Å²) in [6.45, 7) is 0.467. The van der Waals surface area contributed by atoms with Crippen LogP contribution in [0.25, 0.3) is 0 Å². The van der Waals surface area contributed by atoms with Gasteiger partial charge in [0.15, 0.2) is 0 Å². The molecule has 0 saturated carbocycles. The second kappa shape index (κ2) is 4.08. The summed E-state index contributed by atoms with van der Waals surface area (Å²) in [6.07, 6.45) is 1.79. The van der Waals surface area contributed by atoms with Gasteiger partial charge in [0.2, 0.25) is 0 Å². The van der Waals surface area contributed by atoms with E-state index >= 15 is 0 Å². The number of hydrogen-bond donors (Lipinski definition) is 1. The van der Waals surface area contributed by atoms with E-state index in [1.54, 1.807) is 36.1 Å². The molecule has 0 bridgehead atoms. The Morgan fingerprint density at radius 1 is 1.40 bits per heavy atom. The molecule has 0 amide bonds. The number of para-hydroxylation sites is 1. The molecule has 0 spiro atoms. The van der Waals surface area contributed by atoms with Gasteiger partial charge in [-0.25, -0.2) is 4.39 Å². The molecule has 0 aliphatic heterocycles. The van der Waals surface area contributed by atoms with Crippen molar-refractivity contribution in [2.24, 2.45) is 7.05 Å². The van der Waals surface area contributed by atoms with E-state index in [-0.39, 0.29) is 5.82 Å². The first-order chi connectivity index (χ1) is 7.25. The summed E-state index contributed by atoms with van der Waals surface area (Å²) in [5, 5.41) is 10.6. The number of rotatable bonds is 3. The van der Waals surface area contributed by atoms with Crippen LogP contribution in [0.2, 0.25) is 0 Å². The number of aryl methyl sites for hydroxylation is 1. The van der Waals surface area contributed by atoms with E-state index in [0.29, 0.717) is 12.2 Å². The van der Waals surface area contributed by atoms with Crippen LogP contribution >= 0.6 is 0 Å². The summed E-state index contributed by atoms with van der Waals surface area (Å²) in [4.78, 5) is 0. The van der Waals surface area contributed by atoms with Crippen molar-refractivity contribution in [3.8, 4) is 0 Å². The van der Waals surface area contributed by atoms with Crippen molar-refractivity contribution in [3.63, 3.8) is 0 Å². The van der Waals surface area contributed by atoms with Crippen molar-refractivity contribution in [3.05, 3.63) is 42.0 Å². The molecule has 78 valence electrons. The monoisotopic (exact) mass is 206 g/mol. The van der Waals surface area contributed by atoms with Gasteiger partial charge in [-0.3, -0.25) is 4.68 Å². The Kier molecular flexibility index (Phi) is 2.62. The molecule has 0 aliphatic rings. The fourth-order valence-corrected chi connectivity index (χ4v) is 1.27. The maximum Gasteiger partial charge on any atom is 0.146 e. The lowest BCUT2D eigenvalue weighted by Gasteiger charge is -2.04. The molecule has 0 aliphatic carbocycles. The Bertz CT molecular complexity index is 452. The number of nitrogens with zero attached hydrogens (tertiary/aromatic N) is 3.